The van der Waals surface area contributed by atoms with Gasteiger partial charge < -0.3 is 15.2 Å². The van der Waals surface area contributed by atoms with Gasteiger partial charge in [0, 0.05) is 13.2 Å². The molecule has 1 aliphatic carbocycles. The summed E-state index contributed by atoms with van der Waals surface area (Å²) < 4.78 is 5.47. The highest BCUT2D eigenvalue weighted by Crippen LogP contribution is 2.28. The molecule has 0 spiro atoms. The molecule has 0 heterocycles. The lowest BCUT2D eigenvalue weighted by Gasteiger charge is -2.26. The second-order valence-electron chi connectivity index (χ2n) is 5.23. The molecule has 18 heavy (non-hydrogen) atoms. The summed E-state index contributed by atoms with van der Waals surface area (Å²) in [5, 5.41) is 12.3. The topological polar surface area (TPSA) is 58.6 Å². The van der Waals surface area contributed by atoms with Crippen molar-refractivity contribution >= 4 is 5.97 Å². The maximum absolute atomic E-state index is 10.8. The molecule has 0 bridgehead atoms. The Bertz CT molecular complexity index is 225. The Balaban J connectivity index is 1.93. The van der Waals surface area contributed by atoms with Crippen LogP contribution in [-0.2, 0) is 9.53 Å². The van der Waals surface area contributed by atoms with Crippen molar-refractivity contribution in [1.82, 2.24) is 5.32 Å². The van der Waals surface area contributed by atoms with Gasteiger partial charge in [0.05, 0.1) is 12.5 Å². The van der Waals surface area contributed by atoms with Crippen molar-refractivity contribution in [2.24, 2.45) is 11.8 Å². The molecular formula is C14H27NO3. The molecule has 0 unspecified atom stereocenters. The van der Waals surface area contributed by atoms with Gasteiger partial charge in [0.2, 0.25) is 0 Å². The zero-order chi connectivity index (χ0) is 13.2. The van der Waals surface area contributed by atoms with Gasteiger partial charge in [0.1, 0.15) is 0 Å². The highest BCUT2D eigenvalue weighted by molar-refractivity contribution is 5.69. The van der Waals surface area contributed by atoms with Gasteiger partial charge in [-0.25, -0.2) is 0 Å². The highest BCUT2D eigenvalue weighted by Gasteiger charge is 2.25. The summed E-state index contributed by atoms with van der Waals surface area (Å²) >= 11 is 0. The second-order valence-corrected chi connectivity index (χ2v) is 5.23. The molecule has 106 valence electrons. The van der Waals surface area contributed by atoms with Crippen LogP contribution in [0.25, 0.3) is 0 Å². The summed E-state index contributed by atoms with van der Waals surface area (Å²) in [5.74, 6) is -0.0689. The Morgan fingerprint density at radius 3 is 2.61 bits per heavy atom. The minimum Gasteiger partial charge on any atom is -0.481 e. The predicted molar refractivity (Wildman–Crippen MR) is 71.7 cm³/mol. The van der Waals surface area contributed by atoms with E-state index in [1.54, 1.807) is 0 Å². The predicted octanol–water partition coefficient (Wildman–Crippen LogP) is 2.28. The summed E-state index contributed by atoms with van der Waals surface area (Å²) in [5.41, 5.74) is 0. The molecule has 0 saturated heterocycles. The van der Waals surface area contributed by atoms with Gasteiger partial charge in [-0.15, -0.1) is 0 Å². The van der Waals surface area contributed by atoms with Crippen LogP contribution in [0.5, 0.6) is 0 Å². The van der Waals surface area contributed by atoms with Crippen LogP contribution in [0.2, 0.25) is 0 Å². The summed E-state index contributed by atoms with van der Waals surface area (Å²) in [6.07, 6.45) is 6.09. The first-order valence-electron chi connectivity index (χ1n) is 7.25. The minimum atomic E-state index is -0.620. The van der Waals surface area contributed by atoms with E-state index < -0.39 is 5.97 Å². The van der Waals surface area contributed by atoms with Gasteiger partial charge in [-0.1, -0.05) is 13.3 Å². The van der Waals surface area contributed by atoms with Gasteiger partial charge in [-0.3, -0.25) is 4.79 Å². The van der Waals surface area contributed by atoms with Crippen LogP contribution in [0.1, 0.15) is 45.4 Å². The number of nitrogens with one attached hydrogen (secondary N) is 1. The van der Waals surface area contributed by atoms with Crippen molar-refractivity contribution in [3.05, 3.63) is 0 Å². The molecule has 4 heteroatoms. The van der Waals surface area contributed by atoms with E-state index in [0.29, 0.717) is 5.92 Å². The lowest BCUT2D eigenvalue weighted by atomic mass is 9.82. The number of carboxylic acids is 1. The van der Waals surface area contributed by atoms with Gasteiger partial charge in [0.25, 0.3) is 0 Å². The van der Waals surface area contributed by atoms with Crippen LogP contribution in [0.3, 0.4) is 0 Å². The number of hydrogen-bond donors (Lipinski definition) is 2. The SMILES string of the molecule is CCCCOCCNCC1CCC(C(=O)O)CC1. The summed E-state index contributed by atoms with van der Waals surface area (Å²) in [7, 11) is 0. The Morgan fingerprint density at radius 2 is 2.00 bits per heavy atom. The first kappa shape index (κ1) is 15.4. The number of carboxylic acid groups (broad SMARTS) is 1. The average molecular weight is 257 g/mol. The third-order valence-corrected chi connectivity index (χ3v) is 3.69. The van der Waals surface area contributed by atoms with Crippen molar-refractivity contribution in [2.75, 3.05) is 26.3 Å². The third-order valence-electron chi connectivity index (χ3n) is 3.69. The van der Waals surface area contributed by atoms with Crippen molar-refractivity contribution in [1.29, 1.82) is 0 Å². The Hall–Kier alpha value is -0.610. The Labute approximate surface area is 110 Å². The van der Waals surface area contributed by atoms with Crippen LogP contribution in [0.15, 0.2) is 0 Å². The number of ether oxygens (including phenoxy) is 1. The van der Waals surface area contributed by atoms with E-state index >= 15 is 0 Å². The summed E-state index contributed by atoms with van der Waals surface area (Å²) in [6.45, 7) is 5.72. The van der Waals surface area contributed by atoms with E-state index in [1.165, 1.54) is 6.42 Å². The average Bonchev–Trinajstić information content (AvgIpc) is 2.38. The van der Waals surface area contributed by atoms with Gasteiger partial charge in [0.15, 0.2) is 0 Å². The van der Waals surface area contributed by atoms with Gasteiger partial charge in [-0.05, 0) is 44.6 Å². The van der Waals surface area contributed by atoms with E-state index in [4.69, 9.17) is 9.84 Å². The summed E-state index contributed by atoms with van der Waals surface area (Å²) in [4.78, 5) is 10.8. The molecule has 0 aromatic heterocycles. The first-order chi connectivity index (χ1) is 8.74. The minimum absolute atomic E-state index is 0.0985. The van der Waals surface area contributed by atoms with Crippen molar-refractivity contribution in [2.45, 2.75) is 45.4 Å². The smallest absolute Gasteiger partial charge is 0.306 e. The van der Waals surface area contributed by atoms with E-state index in [-0.39, 0.29) is 5.92 Å². The van der Waals surface area contributed by atoms with E-state index in [9.17, 15) is 4.79 Å². The number of carbonyl (C=O) groups is 1. The fourth-order valence-electron chi connectivity index (χ4n) is 2.41. The number of unbranched alkanes of at least 4 members (excludes halogenated alkanes) is 1. The molecule has 1 rings (SSSR count). The van der Waals surface area contributed by atoms with Crippen molar-refractivity contribution < 1.29 is 14.6 Å². The molecule has 1 saturated carbocycles. The van der Waals surface area contributed by atoms with Crippen LogP contribution in [0.4, 0.5) is 0 Å². The molecule has 0 aromatic rings. The monoisotopic (exact) mass is 257 g/mol. The fraction of sp³-hybridized carbons (Fsp3) is 0.929. The zero-order valence-corrected chi connectivity index (χ0v) is 11.5. The molecule has 0 aliphatic heterocycles. The van der Waals surface area contributed by atoms with Crippen LogP contribution < -0.4 is 5.32 Å². The highest BCUT2D eigenvalue weighted by atomic mass is 16.5. The van der Waals surface area contributed by atoms with Crippen LogP contribution in [0, 0.1) is 11.8 Å². The maximum Gasteiger partial charge on any atom is 0.306 e. The van der Waals surface area contributed by atoms with Gasteiger partial charge >= 0.3 is 5.97 Å². The molecule has 0 amide bonds. The lowest BCUT2D eigenvalue weighted by Crippen LogP contribution is -2.30. The molecular weight excluding hydrogens is 230 g/mol. The van der Waals surface area contributed by atoms with Crippen molar-refractivity contribution in [3.63, 3.8) is 0 Å². The molecule has 0 atom stereocenters. The molecule has 0 radical (unpaired) electrons. The van der Waals surface area contributed by atoms with Crippen LogP contribution in [-0.4, -0.2) is 37.4 Å². The maximum atomic E-state index is 10.8. The standard InChI is InChI=1S/C14H27NO3/c1-2-3-9-18-10-8-15-11-12-4-6-13(7-5-12)14(16)17/h12-13,15H,2-11H2,1H3,(H,16,17). The quantitative estimate of drug-likeness (QED) is 0.622. The number of aliphatic carboxylic acids is 1. The largest absolute Gasteiger partial charge is 0.481 e. The number of rotatable bonds is 9. The van der Waals surface area contributed by atoms with E-state index in [1.807, 2.05) is 0 Å². The molecule has 0 aromatic carbocycles. The molecule has 2 N–H and O–H groups in total. The lowest BCUT2D eigenvalue weighted by molar-refractivity contribution is -0.143. The normalized spacial score (nSPS) is 24.1. The van der Waals surface area contributed by atoms with E-state index in [2.05, 4.69) is 12.2 Å². The number of hydrogen-bond acceptors (Lipinski definition) is 3. The van der Waals surface area contributed by atoms with Crippen LogP contribution >= 0.6 is 0 Å². The van der Waals surface area contributed by atoms with E-state index in [0.717, 1.165) is 58.4 Å². The van der Waals surface area contributed by atoms with Crippen molar-refractivity contribution in [3.8, 4) is 0 Å². The fourth-order valence-corrected chi connectivity index (χ4v) is 2.41. The molecule has 4 nitrogen and oxygen atoms in total. The Morgan fingerprint density at radius 1 is 1.28 bits per heavy atom. The third kappa shape index (κ3) is 6.36. The molecule has 1 aliphatic rings. The second kappa shape index (κ2) is 9.34. The molecule has 1 fully saturated rings. The Kier molecular flexibility index (Phi) is 8.01. The first-order valence-corrected chi connectivity index (χ1v) is 7.25. The van der Waals surface area contributed by atoms with Gasteiger partial charge in [-0.2, -0.15) is 0 Å². The zero-order valence-electron chi connectivity index (χ0n) is 11.5. The summed E-state index contributed by atoms with van der Waals surface area (Å²) in [6, 6.07) is 0.